The molecule has 0 bridgehead atoms. The molecule has 0 aliphatic heterocycles. The molecule has 1 N–H and O–H groups in total. The van der Waals surface area contributed by atoms with Crippen LogP contribution in [0.1, 0.15) is 17.3 Å². The average molecular weight is 288 g/mol. The Morgan fingerprint density at radius 1 is 1.38 bits per heavy atom. The van der Waals surface area contributed by atoms with E-state index in [2.05, 4.69) is 52.2 Å². The molecule has 0 spiro atoms. The van der Waals surface area contributed by atoms with Crippen LogP contribution in [0.3, 0.4) is 0 Å². The molecule has 0 fully saturated rings. The molecule has 5 heteroatoms. The number of nitrogens with zero attached hydrogens (tertiary/aromatic N) is 3. The third-order valence-electron chi connectivity index (χ3n) is 3.59. The lowest BCUT2D eigenvalue weighted by Gasteiger charge is -2.26. The summed E-state index contributed by atoms with van der Waals surface area (Å²) in [5.41, 5.74) is 2.25. The summed E-state index contributed by atoms with van der Waals surface area (Å²) in [6.45, 7) is 2.84. The predicted molar refractivity (Wildman–Crippen MR) is 85.9 cm³/mol. The number of rotatable bonds is 6. The third-order valence-corrected chi connectivity index (χ3v) is 3.59. The Hall–Kier alpha value is -2.01. The smallest absolute Gasteiger partial charge is 0.202 e. The predicted octanol–water partition coefficient (Wildman–Crippen LogP) is 2.54. The highest BCUT2D eigenvalue weighted by Crippen LogP contribution is 2.25. The van der Waals surface area contributed by atoms with E-state index in [1.165, 1.54) is 5.56 Å². The van der Waals surface area contributed by atoms with Crippen LogP contribution in [0.5, 0.6) is 5.75 Å². The summed E-state index contributed by atoms with van der Waals surface area (Å²) in [6.07, 6.45) is 2.07. The highest BCUT2D eigenvalue weighted by Gasteiger charge is 2.17. The molecule has 0 saturated carbocycles. The maximum atomic E-state index is 5.33. The number of benzene rings is 1. The van der Waals surface area contributed by atoms with Crippen molar-refractivity contribution in [3.05, 3.63) is 41.7 Å². The largest absolute Gasteiger partial charge is 0.497 e. The number of nitrogens with one attached hydrogen (secondary N) is 1. The van der Waals surface area contributed by atoms with Gasteiger partial charge >= 0.3 is 0 Å². The summed E-state index contributed by atoms with van der Waals surface area (Å²) in [5, 5.41) is 3.14. The molecule has 2 aromatic rings. The second kappa shape index (κ2) is 6.63. The Balaban J connectivity index is 2.30. The van der Waals surface area contributed by atoms with Gasteiger partial charge in [0, 0.05) is 19.8 Å². The van der Waals surface area contributed by atoms with Crippen LogP contribution in [0.25, 0.3) is 0 Å². The molecule has 21 heavy (non-hydrogen) atoms. The Bertz CT molecular complexity index is 592. The van der Waals surface area contributed by atoms with Gasteiger partial charge in [0.05, 0.1) is 18.8 Å². The van der Waals surface area contributed by atoms with E-state index in [1.54, 1.807) is 7.11 Å². The molecule has 1 atom stereocenters. The lowest BCUT2D eigenvalue weighted by Crippen LogP contribution is -2.25. The number of hydrogen-bond donors (Lipinski definition) is 1. The number of anilines is 1. The summed E-state index contributed by atoms with van der Waals surface area (Å²) in [4.78, 5) is 6.69. The second-order valence-electron chi connectivity index (χ2n) is 5.36. The van der Waals surface area contributed by atoms with E-state index in [1.807, 2.05) is 26.1 Å². The zero-order valence-electron chi connectivity index (χ0n) is 13.4. The van der Waals surface area contributed by atoms with E-state index in [9.17, 15) is 0 Å². The van der Waals surface area contributed by atoms with Crippen LogP contribution in [0.4, 0.5) is 5.95 Å². The molecule has 1 heterocycles. The summed E-state index contributed by atoms with van der Waals surface area (Å²) < 4.78 is 7.49. The minimum atomic E-state index is 0.251. The highest BCUT2D eigenvalue weighted by molar-refractivity contribution is 5.32. The zero-order chi connectivity index (χ0) is 15.4. The summed E-state index contributed by atoms with van der Waals surface area (Å²) in [7, 11) is 7.77. The standard InChI is InChI=1S/C16H24N4O/c1-12-10-20(16(17-2)18-12)11-15(19(3)4)13-7-6-8-14(9-13)21-5/h6-10,15H,11H2,1-5H3,(H,17,18). The molecule has 2 rings (SSSR count). The van der Waals surface area contributed by atoms with E-state index < -0.39 is 0 Å². The van der Waals surface area contributed by atoms with Crippen LogP contribution in [0, 0.1) is 6.92 Å². The molecule has 0 aliphatic rings. The van der Waals surface area contributed by atoms with Crippen molar-refractivity contribution in [1.29, 1.82) is 0 Å². The van der Waals surface area contributed by atoms with Crippen LogP contribution in [-0.2, 0) is 6.54 Å². The van der Waals surface area contributed by atoms with Crippen LogP contribution >= 0.6 is 0 Å². The number of imidazole rings is 1. The van der Waals surface area contributed by atoms with Gasteiger partial charge in [-0.3, -0.25) is 0 Å². The third kappa shape index (κ3) is 3.55. The number of likely N-dealkylation sites (N-methyl/N-ethyl adjacent to an activating group) is 1. The fraction of sp³-hybridized carbons (Fsp3) is 0.438. The fourth-order valence-corrected chi connectivity index (χ4v) is 2.49. The molecule has 1 aromatic carbocycles. The van der Waals surface area contributed by atoms with Crippen molar-refractivity contribution < 1.29 is 4.74 Å². The van der Waals surface area contributed by atoms with E-state index in [-0.39, 0.29) is 6.04 Å². The molecule has 114 valence electrons. The Morgan fingerprint density at radius 3 is 2.76 bits per heavy atom. The van der Waals surface area contributed by atoms with Crippen molar-refractivity contribution in [1.82, 2.24) is 14.5 Å². The van der Waals surface area contributed by atoms with Gasteiger partial charge in [-0.1, -0.05) is 12.1 Å². The highest BCUT2D eigenvalue weighted by atomic mass is 16.5. The van der Waals surface area contributed by atoms with E-state index in [0.29, 0.717) is 0 Å². The summed E-state index contributed by atoms with van der Waals surface area (Å²) in [6, 6.07) is 8.48. The van der Waals surface area contributed by atoms with Gasteiger partial charge < -0.3 is 19.5 Å². The van der Waals surface area contributed by atoms with Crippen molar-refractivity contribution in [3.8, 4) is 5.75 Å². The van der Waals surface area contributed by atoms with E-state index >= 15 is 0 Å². The van der Waals surface area contributed by atoms with Crippen LogP contribution < -0.4 is 10.1 Å². The molecule has 0 aliphatic carbocycles. The lowest BCUT2D eigenvalue weighted by atomic mass is 10.1. The first kappa shape index (κ1) is 15.4. The molecule has 0 saturated heterocycles. The van der Waals surface area contributed by atoms with Crippen molar-refractivity contribution in [2.24, 2.45) is 0 Å². The number of methoxy groups -OCH3 is 1. The van der Waals surface area contributed by atoms with Gasteiger partial charge in [-0.05, 0) is 38.7 Å². The summed E-state index contributed by atoms with van der Waals surface area (Å²) in [5.74, 6) is 1.78. The number of ether oxygens (including phenoxy) is 1. The molecule has 0 radical (unpaired) electrons. The zero-order valence-corrected chi connectivity index (χ0v) is 13.4. The molecule has 1 aromatic heterocycles. The monoisotopic (exact) mass is 288 g/mol. The molecule has 1 unspecified atom stereocenters. The quantitative estimate of drug-likeness (QED) is 0.887. The van der Waals surface area contributed by atoms with Crippen LogP contribution in [0.15, 0.2) is 30.5 Å². The van der Waals surface area contributed by atoms with Crippen molar-refractivity contribution in [3.63, 3.8) is 0 Å². The Kier molecular flexibility index (Phi) is 4.85. The van der Waals surface area contributed by atoms with Crippen LogP contribution in [0.2, 0.25) is 0 Å². The van der Waals surface area contributed by atoms with Gasteiger partial charge in [0.1, 0.15) is 5.75 Å². The molecular formula is C16H24N4O. The maximum Gasteiger partial charge on any atom is 0.202 e. The van der Waals surface area contributed by atoms with Gasteiger partial charge in [-0.15, -0.1) is 0 Å². The maximum absolute atomic E-state index is 5.33. The molecule has 0 amide bonds. The molecular weight excluding hydrogens is 264 g/mol. The average Bonchev–Trinajstić information content (AvgIpc) is 2.84. The normalized spacial score (nSPS) is 12.5. The van der Waals surface area contributed by atoms with E-state index in [4.69, 9.17) is 4.74 Å². The van der Waals surface area contributed by atoms with Crippen molar-refractivity contribution in [2.75, 3.05) is 33.6 Å². The SMILES string of the molecule is CNc1nc(C)cn1CC(c1cccc(OC)c1)N(C)C. The van der Waals surface area contributed by atoms with Crippen molar-refractivity contribution in [2.45, 2.75) is 19.5 Å². The number of hydrogen-bond acceptors (Lipinski definition) is 4. The minimum absolute atomic E-state index is 0.251. The Labute approximate surface area is 126 Å². The number of aromatic nitrogens is 2. The minimum Gasteiger partial charge on any atom is -0.497 e. The Morgan fingerprint density at radius 2 is 2.14 bits per heavy atom. The van der Waals surface area contributed by atoms with Gasteiger partial charge in [-0.25, -0.2) is 4.98 Å². The first-order valence-corrected chi connectivity index (χ1v) is 7.07. The van der Waals surface area contributed by atoms with E-state index in [0.717, 1.165) is 23.9 Å². The van der Waals surface area contributed by atoms with Gasteiger partial charge in [0.15, 0.2) is 0 Å². The van der Waals surface area contributed by atoms with Gasteiger partial charge in [0.2, 0.25) is 5.95 Å². The first-order valence-electron chi connectivity index (χ1n) is 7.07. The topological polar surface area (TPSA) is 42.3 Å². The van der Waals surface area contributed by atoms with Crippen molar-refractivity contribution >= 4 is 5.95 Å². The fourth-order valence-electron chi connectivity index (χ4n) is 2.49. The lowest BCUT2D eigenvalue weighted by molar-refractivity contribution is 0.269. The second-order valence-corrected chi connectivity index (χ2v) is 5.36. The first-order chi connectivity index (χ1) is 10.0. The summed E-state index contributed by atoms with van der Waals surface area (Å²) >= 11 is 0. The molecule has 5 nitrogen and oxygen atoms in total. The van der Waals surface area contributed by atoms with Gasteiger partial charge in [0.25, 0.3) is 0 Å². The van der Waals surface area contributed by atoms with Crippen LogP contribution in [-0.4, -0.2) is 42.7 Å². The van der Waals surface area contributed by atoms with Gasteiger partial charge in [-0.2, -0.15) is 0 Å². The number of aryl methyl sites for hydroxylation is 1.